The summed E-state index contributed by atoms with van der Waals surface area (Å²) >= 11 is 0. The summed E-state index contributed by atoms with van der Waals surface area (Å²) in [6.45, 7) is 4.75. The van der Waals surface area contributed by atoms with Gasteiger partial charge in [-0.05, 0) is 19.4 Å². The Morgan fingerprint density at radius 3 is 3.12 bits per heavy atom. The second kappa shape index (κ2) is 7.84. The molecule has 0 unspecified atom stereocenters. The molecule has 0 saturated heterocycles. The van der Waals surface area contributed by atoms with Crippen molar-refractivity contribution in [2.75, 3.05) is 13.7 Å². The van der Waals surface area contributed by atoms with Gasteiger partial charge in [0.25, 0.3) is 0 Å². The minimum Gasteiger partial charge on any atom is -0.469 e. The maximum Gasteiger partial charge on any atom is 0.305 e. The molecule has 5 heteroatoms. The monoisotopic (exact) mass is 239 g/mol. The number of esters is 1. The molecule has 1 rings (SSSR count). The fourth-order valence-electron chi connectivity index (χ4n) is 1.52. The van der Waals surface area contributed by atoms with Crippen LogP contribution in [0.1, 0.15) is 31.9 Å². The Morgan fingerprint density at radius 2 is 2.41 bits per heavy atom. The van der Waals surface area contributed by atoms with Crippen LogP contribution in [0.5, 0.6) is 0 Å². The molecule has 0 atom stereocenters. The first-order valence-electron chi connectivity index (χ1n) is 6.04. The molecule has 0 amide bonds. The predicted octanol–water partition coefficient (Wildman–Crippen LogP) is 1.34. The fraction of sp³-hybridized carbons (Fsp3) is 0.667. The number of nitrogens with zero attached hydrogens (tertiary/aromatic N) is 2. The standard InChI is InChI=1S/C12H21N3O2/c1-3-6-13-8-11-9-15(10-14-11)7-4-5-12(16)17-2/h9-10,13H,3-8H2,1-2H3. The van der Waals surface area contributed by atoms with Gasteiger partial charge in [0.05, 0.1) is 19.1 Å². The van der Waals surface area contributed by atoms with E-state index in [2.05, 4.69) is 22.0 Å². The molecule has 0 saturated carbocycles. The van der Waals surface area contributed by atoms with E-state index in [4.69, 9.17) is 0 Å². The van der Waals surface area contributed by atoms with Crippen LogP contribution >= 0.6 is 0 Å². The highest BCUT2D eigenvalue weighted by molar-refractivity contribution is 5.68. The third-order valence-electron chi connectivity index (χ3n) is 2.44. The van der Waals surface area contributed by atoms with Crippen molar-refractivity contribution in [2.45, 2.75) is 39.3 Å². The Balaban J connectivity index is 2.23. The molecule has 0 radical (unpaired) electrons. The molecular formula is C12H21N3O2. The molecule has 0 fully saturated rings. The highest BCUT2D eigenvalue weighted by Gasteiger charge is 2.01. The number of methoxy groups -OCH3 is 1. The van der Waals surface area contributed by atoms with Crippen LogP contribution in [0.15, 0.2) is 12.5 Å². The van der Waals surface area contributed by atoms with Gasteiger partial charge in [-0.15, -0.1) is 0 Å². The normalized spacial score (nSPS) is 10.5. The number of imidazole rings is 1. The molecule has 0 spiro atoms. The zero-order valence-corrected chi connectivity index (χ0v) is 10.6. The number of rotatable bonds is 8. The van der Waals surface area contributed by atoms with E-state index >= 15 is 0 Å². The molecular weight excluding hydrogens is 218 g/mol. The van der Waals surface area contributed by atoms with Gasteiger partial charge in [-0.25, -0.2) is 4.98 Å². The van der Waals surface area contributed by atoms with Crippen LogP contribution in [-0.2, 0) is 22.6 Å². The predicted molar refractivity (Wildman–Crippen MR) is 65.5 cm³/mol. The largest absolute Gasteiger partial charge is 0.469 e. The van der Waals surface area contributed by atoms with Gasteiger partial charge >= 0.3 is 5.97 Å². The van der Waals surface area contributed by atoms with Gasteiger partial charge in [0.1, 0.15) is 0 Å². The molecule has 0 bridgehead atoms. The van der Waals surface area contributed by atoms with Crippen LogP contribution in [0.4, 0.5) is 0 Å². The lowest BCUT2D eigenvalue weighted by Gasteiger charge is -2.01. The average molecular weight is 239 g/mol. The van der Waals surface area contributed by atoms with E-state index in [1.165, 1.54) is 7.11 Å². The molecule has 1 aromatic rings. The fourth-order valence-corrected chi connectivity index (χ4v) is 1.52. The van der Waals surface area contributed by atoms with E-state index in [0.29, 0.717) is 6.42 Å². The molecule has 0 aliphatic heterocycles. The van der Waals surface area contributed by atoms with Gasteiger partial charge in [-0.2, -0.15) is 0 Å². The molecule has 17 heavy (non-hydrogen) atoms. The van der Waals surface area contributed by atoms with E-state index in [-0.39, 0.29) is 5.97 Å². The Labute approximate surface area is 102 Å². The lowest BCUT2D eigenvalue weighted by Crippen LogP contribution is -2.13. The highest BCUT2D eigenvalue weighted by atomic mass is 16.5. The van der Waals surface area contributed by atoms with Crippen LogP contribution in [0.2, 0.25) is 0 Å². The molecule has 0 aliphatic carbocycles. The lowest BCUT2D eigenvalue weighted by molar-refractivity contribution is -0.140. The van der Waals surface area contributed by atoms with Crippen LogP contribution < -0.4 is 5.32 Å². The second-order valence-corrected chi connectivity index (χ2v) is 3.96. The molecule has 0 aromatic carbocycles. The average Bonchev–Trinajstić information content (AvgIpc) is 2.77. The van der Waals surface area contributed by atoms with Gasteiger partial charge in [-0.3, -0.25) is 4.79 Å². The van der Waals surface area contributed by atoms with Gasteiger partial charge in [0.2, 0.25) is 0 Å². The first kappa shape index (κ1) is 13.7. The zero-order valence-electron chi connectivity index (χ0n) is 10.6. The van der Waals surface area contributed by atoms with Crippen molar-refractivity contribution in [2.24, 2.45) is 0 Å². The van der Waals surface area contributed by atoms with Crippen LogP contribution in [0, 0.1) is 0 Å². The third kappa shape index (κ3) is 5.49. The zero-order chi connectivity index (χ0) is 12.5. The van der Waals surface area contributed by atoms with Crippen molar-refractivity contribution < 1.29 is 9.53 Å². The van der Waals surface area contributed by atoms with Gasteiger partial charge in [0, 0.05) is 25.7 Å². The summed E-state index contributed by atoms with van der Waals surface area (Å²) in [6, 6.07) is 0. The summed E-state index contributed by atoms with van der Waals surface area (Å²) in [5, 5.41) is 3.30. The molecule has 1 aromatic heterocycles. The first-order valence-corrected chi connectivity index (χ1v) is 6.04. The number of hydrogen-bond donors (Lipinski definition) is 1. The number of hydrogen-bond acceptors (Lipinski definition) is 4. The molecule has 0 aliphatic rings. The molecule has 1 heterocycles. The maximum absolute atomic E-state index is 10.9. The van der Waals surface area contributed by atoms with E-state index < -0.39 is 0 Å². The number of ether oxygens (including phenoxy) is 1. The number of nitrogens with one attached hydrogen (secondary N) is 1. The summed E-state index contributed by atoms with van der Waals surface area (Å²) < 4.78 is 6.59. The minimum atomic E-state index is -0.157. The van der Waals surface area contributed by atoms with Gasteiger partial charge in [-0.1, -0.05) is 6.92 Å². The van der Waals surface area contributed by atoms with Crippen LogP contribution in [-0.4, -0.2) is 29.2 Å². The topological polar surface area (TPSA) is 56.2 Å². The lowest BCUT2D eigenvalue weighted by atomic mass is 10.3. The second-order valence-electron chi connectivity index (χ2n) is 3.96. The Kier molecular flexibility index (Phi) is 6.32. The number of carbonyl (C=O) groups excluding carboxylic acids is 1. The van der Waals surface area contributed by atoms with Crippen molar-refractivity contribution in [3.63, 3.8) is 0 Å². The summed E-state index contributed by atoms with van der Waals surface area (Å²) in [6.07, 6.45) is 6.18. The van der Waals surface area contributed by atoms with Crippen molar-refractivity contribution >= 4 is 5.97 Å². The Hall–Kier alpha value is -1.36. The summed E-state index contributed by atoms with van der Waals surface area (Å²) in [7, 11) is 1.41. The summed E-state index contributed by atoms with van der Waals surface area (Å²) in [5.41, 5.74) is 1.04. The SMILES string of the molecule is CCCNCc1cn(CCCC(=O)OC)cn1. The van der Waals surface area contributed by atoms with Crippen molar-refractivity contribution in [3.05, 3.63) is 18.2 Å². The Morgan fingerprint density at radius 1 is 1.59 bits per heavy atom. The summed E-state index contributed by atoms with van der Waals surface area (Å²) in [5.74, 6) is -0.157. The smallest absolute Gasteiger partial charge is 0.305 e. The highest BCUT2D eigenvalue weighted by Crippen LogP contribution is 2.00. The first-order chi connectivity index (χ1) is 8.26. The van der Waals surface area contributed by atoms with Crippen molar-refractivity contribution in [1.82, 2.24) is 14.9 Å². The molecule has 1 N–H and O–H groups in total. The number of carbonyl (C=O) groups is 1. The summed E-state index contributed by atoms with van der Waals surface area (Å²) in [4.78, 5) is 15.2. The number of aromatic nitrogens is 2. The van der Waals surface area contributed by atoms with E-state index in [0.717, 1.165) is 38.2 Å². The van der Waals surface area contributed by atoms with Crippen LogP contribution in [0.25, 0.3) is 0 Å². The number of aryl methyl sites for hydroxylation is 1. The van der Waals surface area contributed by atoms with Gasteiger partial charge < -0.3 is 14.6 Å². The quantitative estimate of drug-likeness (QED) is 0.549. The molecule has 96 valence electrons. The van der Waals surface area contributed by atoms with Crippen molar-refractivity contribution in [1.29, 1.82) is 0 Å². The van der Waals surface area contributed by atoms with E-state index in [1.54, 1.807) is 6.33 Å². The maximum atomic E-state index is 10.9. The van der Waals surface area contributed by atoms with Gasteiger partial charge in [0.15, 0.2) is 0 Å². The molecule has 5 nitrogen and oxygen atoms in total. The van der Waals surface area contributed by atoms with E-state index in [1.807, 2.05) is 10.8 Å². The Bertz CT molecular complexity index is 336. The van der Waals surface area contributed by atoms with Crippen molar-refractivity contribution in [3.8, 4) is 0 Å². The third-order valence-corrected chi connectivity index (χ3v) is 2.44. The van der Waals surface area contributed by atoms with Crippen LogP contribution in [0.3, 0.4) is 0 Å². The van der Waals surface area contributed by atoms with E-state index in [9.17, 15) is 4.79 Å². The minimum absolute atomic E-state index is 0.157.